The molecule has 0 aliphatic heterocycles. The van der Waals surface area contributed by atoms with Crippen LogP contribution in [-0.2, 0) is 4.79 Å². The summed E-state index contributed by atoms with van der Waals surface area (Å²) in [7, 11) is 0. The van der Waals surface area contributed by atoms with Gasteiger partial charge in [0.2, 0.25) is 5.91 Å². The molecule has 0 fully saturated rings. The third kappa shape index (κ3) is 2.85. The van der Waals surface area contributed by atoms with Gasteiger partial charge in [0.05, 0.1) is 11.3 Å². The number of rotatable bonds is 4. The highest BCUT2D eigenvalue weighted by Crippen LogP contribution is 2.19. The highest BCUT2D eigenvalue weighted by Gasteiger charge is 2.10. The minimum absolute atomic E-state index is 0.178. The number of nitrogens with one attached hydrogen (secondary N) is 1. The van der Waals surface area contributed by atoms with Crippen molar-refractivity contribution >= 4 is 17.4 Å². The van der Waals surface area contributed by atoms with Crippen LogP contribution in [0.4, 0.5) is 11.5 Å². The van der Waals surface area contributed by atoms with E-state index in [1.807, 2.05) is 6.07 Å². The Morgan fingerprint density at radius 3 is 3.00 bits per heavy atom. The summed E-state index contributed by atoms with van der Waals surface area (Å²) in [6.07, 6.45) is 1.66. The zero-order valence-electron chi connectivity index (χ0n) is 8.90. The fraction of sp³-hybridized carbons (Fsp3) is 0.300. The summed E-state index contributed by atoms with van der Waals surface area (Å²) < 4.78 is 0. The zero-order chi connectivity index (χ0) is 12.1. The van der Waals surface area contributed by atoms with Crippen molar-refractivity contribution in [1.29, 1.82) is 5.26 Å². The molecule has 0 aromatic carbocycles. The van der Waals surface area contributed by atoms with Crippen molar-refractivity contribution in [3.63, 3.8) is 0 Å². The predicted octanol–water partition coefficient (Wildman–Crippen LogP) is 0.211. The highest BCUT2D eigenvalue weighted by atomic mass is 16.1. The van der Waals surface area contributed by atoms with Gasteiger partial charge in [0.25, 0.3) is 0 Å². The molecule has 0 aliphatic carbocycles. The second kappa shape index (κ2) is 4.98. The number of nitrogens with two attached hydrogens (primary N) is 2. The molecule has 0 saturated heterocycles. The Bertz CT molecular complexity index is 437. The predicted molar refractivity (Wildman–Crippen MR) is 60.3 cm³/mol. The Labute approximate surface area is 93.3 Å². The largest absolute Gasteiger partial charge is 0.395 e. The van der Waals surface area contributed by atoms with Gasteiger partial charge in [-0.15, -0.1) is 0 Å². The van der Waals surface area contributed by atoms with E-state index in [-0.39, 0.29) is 18.2 Å². The third-order valence-corrected chi connectivity index (χ3v) is 2.00. The fourth-order valence-electron chi connectivity index (χ4n) is 1.27. The maximum Gasteiger partial charge on any atom is 0.219 e. The van der Waals surface area contributed by atoms with Gasteiger partial charge in [0.1, 0.15) is 6.07 Å². The summed E-state index contributed by atoms with van der Waals surface area (Å²) in [6.45, 7) is 1.78. The molecule has 6 nitrogen and oxygen atoms in total. The maximum absolute atomic E-state index is 10.7. The number of nitrogen functional groups attached to an aromatic ring is 1. The van der Waals surface area contributed by atoms with Gasteiger partial charge in [-0.05, 0) is 13.0 Å². The van der Waals surface area contributed by atoms with Crippen LogP contribution in [0.5, 0.6) is 0 Å². The van der Waals surface area contributed by atoms with Crippen molar-refractivity contribution < 1.29 is 4.79 Å². The van der Waals surface area contributed by atoms with Crippen LogP contribution in [0, 0.1) is 11.3 Å². The number of pyridine rings is 1. The van der Waals surface area contributed by atoms with Crippen molar-refractivity contribution in [2.45, 2.75) is 19.4 Å². The first-order valence-electron chi connectivity index (χ1n) is 4.74. The smallest absolute Gasteiger partial charge is 0.219 e. The molecule has 0 bridgehead atoms. The number of nitrogens with zero attached hydrogens (tertiary/aromatic N) is 2. The van der Waals surface area contributed by atoms with Crippen molar-refractivity contribution in [1.82, 2.24) is 4.98 Å². The minimum atomic E-state index is -0.407. The summed E-state index contributed by atoms with van der Waals surface area (Å²) in [4.78, 5) is 14.7. The van der Waals surface area contributed by atoms with E-state index >= 15 is 0 Å². The van der Waals surface area contributed by atoms with Gasteiger partial charge in [0.15, 0.2) is 5.82 Å². The van der Waals surface area contributed by atoms with Gasteiger partial charge in [-0.3, -0.25) is 4.79 Å². The number of hydrogen-bond acceptors (Lipinski definition) is 5. The molecule has 1 aromatic rings. The topological polar surface area (TPSA) is 118 Å². The van der Waals surface area contributed by atoms with Crippen LogP contribution in [0.15, 0.2) is 12.3 Å². The standard InChI is InChI=1S/C10H13N5O/c1-6(4-8(12)16)15-10-9(13)7(5-11)2-3-14-10/h2-3,6H,4,13H2,1H3,(H2,12,16)(H,14,15). The van der Waals surface area contributed by atoms with E-state index in [1.165, 1.54) is 12.3 Å². The highest BCUT2D eigenvalue weighted by molar-refractivity contribution is 5.75. The molecule has 0 saturated carbocycles. The molecule has 1 atom stereocenters. The average Bonchev–Trinajstić information content (AvgIpc) is 2.20. The van der Waals surface area contributed by atoms with Gasteiger partial charge in [-0.2, -0.15) is 5.26 Å². The summed E-state index contributed by atoms with van der Waals surface area (Å²) in [5.74, 6) is -0.0113. The number of carbonyl (C=O) groups excluding carboxylic acids is 1. The van der Waals surface area contributed by atoms with E-state index in [0.29, 0.717) is 11.4 Å². The first-order valence-corrected chi connectivity index (χ1v) is 4.74. The molecular formula is C10H13N5O. The van der Waals surface area contributed by atoms with Crippen molar-refractivity contribution in [3.05, 3.63) is 17.8 Å². The van der Waals surface area contributed by atoms with E-state index in [0.717, 1.165) is 0 Å². The lowest BCUT2D eigenvalue weighted by atomic mass is 10.2. The molecule has 84 valence electrons. The van der Waals surface area contributed by atoms with Crippen LogP contribution in [-0.4, -0.2) is 16.9 Å². The first-order chi connectivity index (χ1) is 7.54. The lowest BCUT2D eigenvalue weighted by Gasteiger charge is -2.14. The zero-order valence-corrected chi connectivity index (χ0v) is 8.90. The average molecular weight is 219 g/mol. The molecule has 1 amide bonds. The molecule has 1 heterocycles. The summed E-state index contributed by atoms with van der Waals surface area (Å²) in [6, 6.07) is 3.30. The Morgan fingerprint density at radius 1 is 1.75 bits per heavy atom. The van der Waals surface area contributed by atoms with Crippen LogP contribution >= 0.6 is 0 Å². The van der Waals surface area contributed by atoms with Crippen LogP contribution in [0.25, 0.3) is 0 Å². The minimum Gasteiger partial charge on any atom is -0.395 e. The number of amides is 1. The number of aromatic nitrogens is 1. The number of carbonyl (C=O) groups is 1. The van der Waals surface area contributed by atoms with Gasteiger partial charge >= 0.3 is 0 Å². The van der Waals surface area contributed by atoms with Crippen LogP contribution in [0.2, 0.25) is 0 Å². The quantitative estimate of drug-likeness (QED) is 0.669. The maximum atomic E-state index is 10.7. The summed E-state index contributed by atoms with van der Waals surface area (Å²) in [5.41, 5.74) is 11.4. The van der Waals surface area contributed by atoms with Crippen LogP contribution in [0.1, 0.15) is 18.9 Å². The lowest BCUT2D eigenvalue weighted by Crippen LogP contribution is -2.25. The summed E-state index contributed by atoms with van der Waals surface area (Å²) >= 11 is 0. The Kier molecular flexibility index (Phi) is 3.67. The normalized spacial score (nSPS) is 11.5. The van der Waals surface area contributed by atoms with E-state index in [9.17, 15) is 4.79 Å². The molecule has 0 aliphatic rings. The van der Waals surface area contributed by atoms with Crippen molar-refractivity contribution in [2.75, 3.05) is 11.1 Å². The van der Waals surface area contributed by atoms with Gasteiger partial charge in [-0.1, -0.05) is 0 Å². The van der Waals surface area contributed by atoms with Crippen molar-refractivity contribution in [2.24, 2.45) is 5.73 Å². The number of anilines is 2. The molecule has 0 radical (unpaired) electrons. The summed E-state index contributed by atoms with van der Waals surface area (Å²) in [5, 5.41) is 11.7. The molecule has 16 heavy (non-hydrogen) atoms. The fourth-order valence-corrected chi connectivity index (χ4v) is 1.27. The molecule has 6 heteroatoms. The third-order valence-electron chi connectivity index (χ3n) is 2.00. The van der Waals surface area contributed by atoms with Gasteiger partial charge in [-0.25, -0.2) is 4.98 Å². The van der Waals surface area contributed by atoms with E-state index < -0.39 is 5.91 Å². The second-order valence-corrected chi connectivity index (χ2v) is 3.45. The molecule has 0 spiro atoms. The first kappa shape index (κ1) is 11.8. The Morgan fingerprint density at radius 2 is 2.44 bits per heavy atom. The second-order valence-electron chi connectivity index (χ2n) is 3.45. The van der Waals surface area contributed by atoms with Gasteiger partial charge < -0.3 is 16.8 Å². The van der Waals surface area contributed by atoms with E-state index in [1.54, 1.807) is 6.92 Å². The molecular weight excluding hydrogens is 206 g/mol. The monoisotopic (exact) mass is 219 g/mol. The SMILES string of the molecule is CC(CC(N)=O)Nc1nccc(C#N)c1N. The van der Waals surface area contributed by atoms with E-state index in [4.69, 9.17) is 16.7 Å². The lowest BCUT2D eigenvalue weighted by molar-refractivity contribution is -0.118. The Balaban J connectivity index is 2.82. The Hall–Kier alpha value is -2.29. The molecule has 5 N–H and O–H groups in total. The van der Waals surface area contributed by atoms with Crippen LogP contribution < -0.4 is 16.8 Å². The molecule has 1 rings (SSSR count). The number of primary amides is 1. The van der Waals surface area contributed by atoms with Crippen molar-refractivity contribution in [3.8, 4) is 6.07 Å². The van der Waals surface area contributed by atoms with E-state index in [2.05, 4.69) is 10.3 Å². The number of nitriles is 1. The van der Waals surface area contributed by atoms with Crippen LogP contribution in [0.3, 0.4) is 0 Å². The number of hydrogen-bond donors (Lipinski definition) is 3. The van der Waals surface area contributed by atoms with Gasteiger partial charge in [0, 0.05) is 18.7 Å². The molecule has 1 aromatic heterocycles. The molecule has 1 unspecified atom stereocenters.